The summed E-state index contributed by atoms with van der Waals surface area (Å²) in [6.07, 6.45) is 10.9. The maximum atomic E-state index is 9.49. The van der Waals surface area contributed by atoms with Crippen LogP contribution in [-0.2, 0) is 4.74 Å². The monoisotopic (exact) mass is 271 g/mol. The molecule has 1 atom stereocenters. The lowest BCUT2D eigenvalue weighted by Gasteiger charge is -2.29. The van der Waals surface area contributed by atoms with Gasteiger partial charge in [0.1, 0.15) is 0 Å². The van der Waals surface area contributed by atoms with E-state index in [-0.39, 0.29) is 12.1 Å². The molecule has 0 saturated heterocycles. The van der Waals surface area contributed by atoms with Gasteiger partial charge in [0.25, 0.3) is 0 Å². The van der Waals surface area contributed by atoms with Crippen molar-refractivity contribution in [3.63, 3.8) is 0 Å². The largest absolute Gasteiger partial charge is 0.394 e. The normalized spacial score (nSPS) is 18.5. The van der Waals surface area contributed by atoms with Gasteiger partial charge in [0.05, 0.1) is 6.61 Å². The van der Waals surface area contributed by atoms with E-state index in [0.29, 0.717) is 6.04 Å². The summed E-state index contributed by atoms with van der Waals surface area (Å²) >= 11 is 0. The van der Waals surface area contributed by atoms with Crippen LogP contribution in [0.15, 0.2) is 0 Å². The van der Waals surface area contributed by atoms with E-state index in [0.717, 1.165) is 32.5 Å². The molecule has 2 N–H and O–H groups in total. The molecule has 0 aromatic rings. The highest BCUT2D eigenvalue weighted by atomic mass is 16.5. The van der Waals surface area contributed by atoms with Crippen LogP contribution in [0.3, 0.4) is 0 Å². The molecule has 3 nitrogen and oxygen atoms in total. The van der Waals surface area contributed by atoms with Crippen LogP contribution in [0.5, 0.6) is 0 Å². The van der Waals surface area contributed by atoms with Gasteiger partial charge in [0.15, 0.2) is 0 Å². The first-order valence-electron chi connectivity index (χ1n) is 8.16. The zero-order chi connectivity index (χ0) is 14.0. The SMILES string of the molecule is CCCCCCOCCCCC(C)(CO)NC1CC1. The van der Waals surface area contributed by atoms with Gasteiger partial charge >= 0.3 is 0 Å². The third-order valence-electron chi connectivity index (χ3n) is 3.89. The molecule has 114 valence electrons. The van der Waals surface area contributed by atoms with Crippen LogP contribution in [-0.4, -0.2) is 36.5 Å². The zero-order valence-electron chi connectivity index (χ0n) is 12.9. The molecular formula is C16H33NO2. The number of rotatable bonds is 13. The number of nitrogens with one attached hydrogen (secondary N) is 1. The molecule has 1 rings (SSSR count). The first-order valence-corrected chi connectivity index (χ1v) is 8.16. The van der Waals surface area contributed by atoms with Crippen molar-refractivity contribution in [3.05, 3.63) is 0 Å². The molecule has 1 unspecified atom stereocenters. The van der Waals surface area contributed by atoms with Crippen molar-refractivity contribution >= 4 is 0 Å². The molecule has 0 aliphatic heterocycles. The minimum absolute atomic E-state index is 0.0811. The second-order valence-electron chi connectivity index (χ2n) is 6.27. The van der Waals surface area contributed by atoms with Gasteiger partial charge in [-0.1, -0.05) is 26.2 Å². The second-order valence-corrected chi connectivity index (χ2v) is 6.27. The molecule has 0 heterocycles. The molecule has 1 aliphatic rings. The Morgan fingerprint density at radius 2 is 1.79 bits per heavy atom. The average Bonchev–Trinajstić information content (AvgIpc) is 3.20. The van der Waals surface area contributed by atoms with E-state index in [1.54, 1.807) is 0 Å². The number of aliphatic hydroxyl groups excluding tert-OH is 1. The molecule has 1 aliphatic carbocycles. The smallest absolute Gasteiger partial charge is 0.0610 e. The van der Waals surface area contributed by atoms with Crippen molar-refractivity contribution in [1.29, 1.82) is 0 Å². The van der Waals surface area contributed by atoms with Crippen LogP contribution in [0.4, 0.5) is 0 Å². The van der Waals surface area contributed by atoms with Crippen molar-refractivity contribution in [2.24, 2.45) is 0 Å². The predicted molar refractivity (Wildman–Crippen MR) is 80.5 cm³/mol. The summed E-state index contributed by atoms with van der Waals surface area (Å²) in [5.74, 6) is 0. The molecule has 0 aromatic heterocycles. The Morgan fingerprint density at radius 1 is 1.11 bits per heavy atom. The highest BCUT2D eigenvalue weighted by Crippen LogP contribution is 2.24. The fraction of sp³-hybridized carbons (Fsp3) is 1.00. The van der Waals surface area contributed by atoms with Crippen LogP contribution in [0.25, 0.3) is 0 Å². The Kier molecular flexibility index (Phi) is 8.67. The van der Waals surface area contributed by atoms with Crippen LogP contribution in [0, 0.1) is 0 Å². The quantitative estimate of drug-likeness (QED) is 0.505. The van der Waals surface area contributed by atoms with Crippen LogP contribution >= 0.6 is 0 Å². The standard InChI is InChI=1S/C16H33NO2/c1-3-4-5-7-12-19-13-8-6-11-16(2,14-18)17-15-9-10-15/h15,17-18H,3-14H2,1-2H3. The van der Waals surface area contributed by atoms with E-state index < -0.39 is 0 Å². The summed E-state index contributed by atoms with van der Waals surface area (Å²) < 4.78 is 5.64. The fourth-order valence-corrected chi connectivity index (χ4v) is 2.37. The van der Waals surface area contributed by atoms with E-state index in [1.807, 2.05) is 0 Å². The van der Waals surface area contributed by atoms with E-state index in [4.69, 9.17) is 4.74 Å². The minimum atomic E-state index is -0.0811. The van der Waals surface area contributed by atoms with E-state index in [2.05, 4.69) is 19.2 Å². The minimum Gasteiger partial charge on any atom is -0.394 e. The Morgan fingerprint density at radius 3 is 2.37 bits per heavy atom. The van der Waals surface area contributed by atoms with Crippen molar-refractivity contribution < 1.29 is 9.84 Å². The van der Waals surface area contributed by atoms with Gasteiger partial charge in [0, 0.05) is 24.8 Å². The Labute approximate surface area is 119 Å². The molecule has 19 heavy (non-hydrogen) atoms. The van der Waals surface area contributed by atoms with Crippen molar-refractivity contribution in [1.82, 2.24) is 5.32 Å². The van der Waals surface area contributed by atoms with Crippen LogP contribution in [0.1, 0.15) is 71.6 Å². The van der Waals surface area contributed by atoms with E-state index >= 15 is 0 Å². The van der Waals surface area contributed by atoms with Crippen LogP contribution in [0.2, 0.25) is 0 Å². The van der Waals surface area contributed by atoms with Gasteiger partial charge in [-0.3, -0.25) is 0 Å². The molecule has 1 fully saturated rings. The Balaban J connectivity index is 1.90. The van der Waals surface area contributed by atoms with Gasteiger partial charge in [-0.25, -0.2) is 0 Å². The number of hydrogen-bond acceptors (Lipinski definition) is 3. The van der Waals surface area contributed by atoms with Crippen LogP contribution < -0.4 is 5.32 Å². The number of hydrogen-bond donors (Lipinski definition) is 2. The topological polar surface area (TPSA) is 41.5 Å². The Bertz CT molecular complexity index is 219. The molecule has 3 heteroatoms. The summed E-state index contributed by atoms with van der Waals surface area (Å²) in [7, 11) is 0. The maximum absolute atomic E-state index is 9.49. The number of unbranched alkanes of at least 4 members (excludes halogenated alkanes) is 4. The fourth-order valence-electron chi connectivity index (χ4n) is 2.37. The second kappa shape index (κ2) is 9.73. The van der Waals surface area contributed by atoms with Gasteiger partial charge in [-0.2, -0.15) is 0 Å². The zero-order valence-corrected chi connectivity index (χ0v) is 12.9. The number of ether oxygens (including phenoxy) is 1. The summed E-state index contributed by atoms with van der Waals surface area (Å²) in [4.78, 5) is 0. The summed E-state index contributed by atoms with van der Waals surface area (Å²) in [5.41, 5.74) is -0.0811. The van der Waals surface area contributed by atoms with Gasteiger partial charge < -0.3 is 15.2 Å². The first-order chi connectivity index (χ1) is 9.20. The van der Waals surface area contributed by atoms with E-state index in [9.17, 15) is 5.11 Å². The van der Waals surface area contributed by atoms with Gasteiger partial charge in [-0.05, 0) is 45.4 Å². The summed E-state index contributed by atoms with van der Waals surface area (Å²) in [5, 5.41) is 13.0. The maximum Gasteiger partial charge on any atom is 0.0610 e. The molecule has 0 spiro atoms. The predicted octanol–water partition coefficient (Wildman–Crippen LogP) is 3.26. The lowest BCUT2D eigenvalue weighted by molar-refractivity contribution is 0.118. The van der Waals surface area contributed by atoms with Gasteiger partial charge in [-0.15, -0.1) is 0 Å². The summed E-state index contributed by atoms with van der Waals surface area (Å²) in [6, 6.07) is 0.659. The van der Waals surface area contributed by atoms with Crippen molar-refractivity contribution in [2.75, 3.05) is 19.8 Å². The molecule has 0 bridgehead atoms. The highest BCUT2D eigenvalue weighted by Gasteiger charge is 2.31. The molecule has 0 aromatic carbocycles. The molecule has 0 radical (unpaired) electrons. The van der Waals surface area contributed by atoms with Crippen molar-refractivity contribution in [2.45, 2.75) is 83.2 Å². The lowest BCUT2D eigenvalue weighted by atomic mass is 9.95. The lowest BCUT2D eigenvalue weighted by Crippen LogP contribution is -2.46. The molecule has 0 amide bonds. The average molecular weight is 271 g/mol. The first kappa shape index (κ1) is 16.9. The number of aliphatic hydroxyl groups is 1. The van der Waals surface area contributed by atoms with Gasteiger partial charge in [0.2, 0.25) is 0 Å². The Hall–Kier alpha value is -0.120. The van der Waals surface area contributed by atoms with Crippen molar-refractivity contribution in [3.8, 4) is 0 Å². The van der Waals surface area contributed by atoms with E-state index in [1.165, 1.54) is 38.5 Å². The molecule has 1 saturated carbocycles. The highest BCUT2D eigenvalue weighted by molar-refractivity contribution is 4.92. The third-order valence-corrected chi connectivity index (χ3v) is 3.89. The third kappa shape index (κ3) is 8.61. The summed E-state index contributed by atoms with van der Waals surface area (Å²) in [6.45, 7) is 6.39. The molecular weight excluding hydrogens is 238 g/mol.